The van der Waals surface area contributed by atoms with E-state index in [1.807, 2.05) is 111 Å². The molecular weight excluding hydrogens is 801 g/mol. The second kappa shape index (κ2) is 24.3. The van der Waals surface area contributed by atoms with E-state index in [0.717, 1.165) is 16.7 Å². The number of nitrogens with two attached hydrogens (primary N) is 1. The Kier molecular flexibility index (Phi) is 21.0. The molecule has 6 rings (SSSR count). The summed E-state index contributed by atoms with van der Waals surface area (Å²) >= 11 is 0. The molecule has 13 nitrogen and oxygen atoms in total. The number of hydrogen-bond donors (Lipinski definition) is 3. The zero-order chi connectivity index (χ0) is 43.5. The molecule has 2 amide bonds. The molecule has 3 fully saturated rings. The molecule has 0 radical (unpaired) electrons. The van der Waals surface area contributed by atoms with Crippen LogP contribution in [-0.2, 0) is 57.4 Å². The Hall–Kier alpha value is -4.79. The lowest BCUT2D eigenvalue weighted by Crippen LogP contribution is -2.50. The van der Waals surface area contributed by atoms with Crippen LogP contribution in [0.1, 0.15) is 86.9 Å². The van der Waals surface area contributed by atoms with Crippen molar-refractivity contribution < 1.29 is 42.9 Å². The van der Waals surface area contributed by atoms with Gasteiger partial charge in [-0.3, -0.25) is 28.9 Å². The molecule has 63 heavy (non-hydrogen) atoms. The zero-order valence-electron chi connectivity index (χ0n) is 35.9. The first-order chi connectivity index (χ1) is 28.4. The van der Waals surface area contributed by atoms with Crippen LogP contribution >= 0.6 is 0 Å². The normalized spacial score (nSPS) is 20.7. The number of ketones is 3. The number of morpholine rings is 1. The van der Waals surface area contributed by atoms with Gasteiger partial charge < -0.3 is 35.3 Å². The number of nitrogens with zero attached hydrogens (tertiary/aromatic N) is 1. The lowest BCUT2D eigenvalue weighted by molar-refractivity contribution is -0.134. The lowest BCUT2D eigenvalue weighted by Gasteiger charge is -2.27. The second-order valence-corrected chi connectivity index (χ2v) is 17.4. The Morgan fingerprint density at radius 3 is 1.73 bits per heavy atom. The number of nitrogens with one attached hydrogen (secondary N) is 2. The third-order valence-electron chi connectivity index (χ3n) is 10.7. The summed E-state index contributed by atoms with van der Waals surface area (Å²) in [7, 11) is 0. The number of epoxide rings is 2. The summed E-state index contributed by atoms with van der Waals surface area (Å²) in [5, 5.41) is 5.76. The number of hydrogen-bond acceptors (Lipinski definition) is 11. The predicted molar refractivity (Wildman–Crippen MR) is 248 cm³/mol. The van der Waals surface area contributed by atoms with Gasteiger partial charge in [-0.15, -0.1) is 0 Å². The van der Waals surface area contributed by atoms with Gasteiger partial charge in [-0.25, -0.2) is 0 Å². The monoisotopic (exact) mass is 875 g/mol. The minimum atomic E-state index is -0.930. The highest BCUT2D eigenvalue weighted by molar-refractivity contribution is 5.98. The van der Waals surface area contributed by atoms with Crippen molar-refractivity contribution >= 4 is 29.2 Å². The van der Waals surface area contributed by atoms with Gasteiger partial charge >= 0.3 is 0 Å². The fourth-order valence-electron chi connectivity index (χ4n) is 6.91. The number of amides is 2. The van der Waals surface area contributed by atoms with Crippen LogP contribution in [0.5, 0.6) is 5.75 Å². The molecule has 3 aliphatic heterocycles. The first-order valence-electron chi connectivity index (χ1n) is 20.8. The largest absolute Gasteiger partial charge is 0.488 e. The molecule has 0 saturated carbocycles. The first-order valence-corrected chi connectivity index (χ1v) is 20.8. The molecular formula is C50H74N4O9. The maximum absolute atomic E-state index is 13.9. The highest BCUT2D eigenvalue weighted by Gasteiger charge is 2.50. The molecule has 3 aromatic carbocycles. The van der Waals surface area contributed by atoms with E-state index in [2.05, 4.69) is 10.6 Å². The number of carbonyl (C=O) groups excluding carboxylic acids is 5. The standard InChI is InChI=1S/C35H47N3O7.C12H15NO2.3CH4/c1-24(36-31(40)22-38-15-17-43-18-16-38)30(39)21-27(19-26-11-13-28(14-12-26)45-34(2,3)4)33(42)37-29(32(41)35(5)23-44-35)20-25-9-7-6-8-10-25;1-12(8-15-12)11(14)10(13)7-9-5-3-2-4-6-9;;;/h6-14,24,27,29H,15-23H2,1-5H3,(H,36,40)(H,37,42);2-6,10H,7-8,13H2,1H3;3*1H4/t24-,27?,29-,35?;10-,12?;;;/m00.../s1. The van der Waals surface area contributed by atoms with E-state index in [-0.39, 0.29) is 70.5 Å². The van der Waals surface area contributed by atoms with Crippen molar-refractivity contribution in [2.45, 2.75) is 124 Å². The molecule has 13 heteroatoms. The minimum absolute atomic E-state index is 0. The average molecular weight is 875 g/mol. The number of carbonyl (C=O) groups is 5. The minimum Gasteiger partial charge on any atom is -0.488 e. The van der Waals surface area contributed by atoms with E-state index < -0.39 is 41.2 Å². The summed E-state index contributed by atoms with van der Waals surface area (Å²) in [6.45, 7) is 14.5. The third-order valence-corrected chi connectivity index (χ3v) is 10.7. The molecule has 0 aromatic heterocycles. The van der Waals surface area contributed by atoms with Gasteiger partial charge in [0.25, 0.3) is 0 Å². The van der Waals surface area contributed by atoms with Gasteiger partial charge in [0.15, 0.2) is 17.3 Å². The topological polar surface area (TPSA) is 182 Å². The molecule has 348 valence electrons. The van der Waals surface area contributed by atoms with Crippen LogP contribution in [0, 0.1) is 5.92 Å². The molecule has 3 saturated heterocycles. The Labute approximate surface area is 376 Å². The van der Waals surface area contributed by atoms with Gasteiger partial charge in [-0.05, 0) is 89.6 Å². The summed E-state index contributed by atoms with van der Waals surface area (Å²) in [5.41, 5.74) is 6.78. The maximum Gasteiger partial charge on any atom is 0.234 e. The Morgan fingerprint density at radius 2 is 1.22 bits per heavy atom. The van der Waals surface area contributed by atoms with Crippen LogP contribution in [0.15, 0.2) is 84.9 Å². The van der Waals surface area contributed by atoms with Crippen molar-refractivity contribution in [2.75, 3.05) is 46.1 Å². The molecule has 0 bridgehead atoms. The van der Waals surface area contributed by atoms with Crippen LogP contribution in [-0.4, -0.2) is 115 Å². The van der Waals surface area contributed by atoms with Crippen molar-refractivity contribution in [3.8, 4) is 5.75 Å². The highest BCUT2D eigenvalue weighted by atomic mass is 16.6. The van der Waals surface area contributed by atoms with E-state index >= 15 is 0 Å². The maximum atomic E-state index is 13.9. The highest BCUT2D eigenvalue weighted by Crippen LogP contribution is 2.30. The van der Waals surface area contributed by atoms with Crippen molar-refractivity contribution in [1.82, 2.24) is 15.5 Å². The molecule has 0 spiro atoms. The molecule has 3 heterocycles. The van der Waals surface area contributed by atoms with Gasteiger partial charge in [-0.1, -0.05) is 95.1 Å². The summed E-state index contributed by atoms with van der Waals surface area (Å²) in [6, 6.07) is 24.7. The Balaban J connectivity index is 0.000000640. The molecule has 3 unspecified atom stereocenters. The summed E-state index contributed by atoms with van der Waals surface area (Å²) in [4.78, 5) is 67.2. The number of ether oxygens (including phenoxy) is 4. The van der Waals surface area contributed by atoms with Crippen molar-refractivity contribution in [2.24, 2.45) is 11.7 Å². The van der Waals surface area contributed by atoms with Gasteiger partial charge in [-0.2, -0.15) is 0 Å². The van der Waals surface area contributed by atoms with E-state index in [0.29, 0.717) is 58.1 Å². The van der Waals surface area contributed by atoms with E-state index in [9.17, 15) is 24.0 Å². The molecule has 4 N–H and O–H groups in total. The van der Waals surface area contributed by atoms with Crippen LogP contribution in [0.25, 0.3) is 0 Å². The van der Waals surface area contributed by atoms with Crippen molar-refractivity contribution in [3.63, 3.8) is 0 Å². The predicted octanol–water partition coefficient (Wildman–Crippen LogP) is 5.73. The zero-order valence-corrected chi connectivity index (χ0v) is 35.9. The fourth-order valence-corrected chi connectivity index (χ4v) is 6.91. The molecule has 6 atom stereocenters. The SMILES string of the molecule is C.C.C.CC1(C(=O)[C@@H](N)Cc2ccccc2)CO1.C[C@H](NC(=O)CN1CCOCC1)C(=O)CC(Cc1ccc(OC(C)(C)C)cc1)C(=O)N[C@@H](Cc1ccccc1)C(=O)C1(C)CO1. The number of rotatable bonds is 19. The molecule has 0 aliphatic carbocycles. The van der Waals surface area contributed by atoms with E-state index in [4.69, 9.17) is 24.7 Å². The van der Waals surface area contributed by atoms with Crippen molar-refractivity contribution in [3.05, 3.63) is 102 Å². The average Bonchev–Trinajstić information content (AvgIpc) is 4.16. The van der Waals surface area contributed by atoms with Gasteiger partial charge in [0.2, 0.25) is 11.8 Å². The molecule has 3 aliphatic rings. The Morgan fingerprint density at radius 1 is 0.730 bits per heavy atom. The second-order valence-electron chi connectivity index (χ2n) is 17.4. The fraction of sp³-hybridized carbons (Fsp3) is 0.540. The Bertz CT molecular complexity index is 1900. The van der Waals surface area contributed by atoms with E-state index in [1.54, 1.807) is 20.8 Å². The van der Waals surface area contributed by atoms with Gasteiger partial charge in [0.05, 0.1) is 51.1 Å². The summed E-state index contributed by atoms with van der Waals surface area (Å²) in [5.74, 6) is -1.18. The first kappa shape index (κ1) is 54.3. The van der Waals surface area contributed by atoms with E-state index in [1.165, 1.54) is 0 Å². The smallest absolute Gasteiger partial charge is 0.234 e. The lowest BCUT2D eigenvalue weighted by atomic mass is 9.89. The quantitative estimate of drug-likeness (QED) is 0.125. The van der Waals surface area contributed by atoms with Crippen molar-refractivity contribution in [1.29, 1.82) is 0 Å². The number of Topliss-reactive ketones (excluding diaryl/α,β-unsaturated/α-hetero) is 3. The molecule has 3 aromatic rings. The van der Waals surface area contributed by atoms with Gasteiger partial charge in [0.1, 0.15) is 22.6 Å². The van der Waals surface area contributed by atoms with Crippen LogP contribution in [0.2, 0.25) is 0 Å². The summed E-state index contributed by atoms with van der Waals surface area (Å²) < 4.78 is 21.8. The third kappa shape index (κ3) is 17.4. The number of benzene rings is 3. The van der Waals surface area contributed by atoms with Crippen LogP contribution in [0.4, 0.5) is 0 Å². The van der Waals surface area contributed by atoms with Crippen LogP contribution in [0.3, 0.4) is 0 Å². The van der Waals surface area contributed by atoms with Gasteiger partial charge in [0, 0.05) is 25.4 Å². The summed E-state index contributed by atoms with van der Waals surface area (Å²) in [6.07, 6.45) is 1.05. The van der Waals surface area contributed by atoms with Crippen LogP contribution < -0.4 is 21.1 Å².